The number of carbonyl (C=O) groups excluding carboxylic acids is 1. The number of fused-ring (bicyclic) bond motifs is 1. The zero-order chi connectivity index (χ0) is 19.1. The van der Waals surface area contributed by atoms with Crippen molar-refractivity contribution < 1.29 is 14.1 Å². The Bertz CT molecular complexity index is 785. The van der Waals surface area contributed by atoms with E-state index in [0.29, 0.717) is 17.7 Å². The smallest absolute Gasteiger partial charge is 0.287 e. The van der Waals surface area contributed by atoms with Crippen LogP contribution in [0.2, 0.25) is 0 Å². The number of anilines is 1. The van der Waals surface area contributed by atoms with Crippen molar-refractivity contribution in [3.63, 3.8) is 0 Å². The van der Waals surface area contributed by atoms with Crippen LogP contribution in [-0.4, -0.2) is 65.1 Å². The molecule has 1 N–H and O–H groups in total. The van der Waals surface area contributed by atoms with Crippen LogP contribution in [0.25, 0.3) is 0 Å². The Morgan fingerprint density at radius 2 is 2.15 bits per heavy atom. The number of nitriles is 1. The van der Waals surface area contributed by atoms with E-state index >= 15 is 0 Å². The normalized spacial score (nSPS) is 31.5. The van der Waals surface area contributed by atoms with E-state index in [2.05, 4.69) is 15.2 Å². The second kappa shape index (κ2) is 6.74. The molecule has 4 rings (SSSR count). The van der Waals surface area contributed by atoms with Crippen molar-refractivity contribution in [2.24, 2.45) is 11.8 Å². The van der Waals surface area contributed by atoms with E-state index in [1.54, 1.807) is 6.07 Å². The summed E-state index contributed by atoms with van der Waals surface area (Å²) in [5.74, 6) is 1.27. The van der Waals surface area contributed by atoms with Crippen LogP contribution >= 0.6 is 0 Å². The summed E-state index contributed by atoms with van der Waals surface area (Å²) in [5, 5.41) is 23.0. The predicted octanol–water partition coefficient (Wildman–Crippen LogP) is 0.477. The molecular formula is C17H19FN6O3. The number of rotatable bonds is 5. The number of aromatic nitrogens is 1. The minimum Gasteiger partial charge on any atom is -0.356 e. The van der Waals surface area contributed by atoms with Gasteiger partial charge in [0.05, 0.1) is 24.1 Å². The molecule has 27 heavy (non-hydrogen) atoms. The third-order valence-corrected chi connectivity index (χ3v) is 5.67. The second-order valence-electron chi connectivity index (χ2n) is 7.30. The van der Waals surface area contributed by atoms with Gasteiger partial charge in [-0.2, -0.15) is 5.26 Å². The minimum absolute atomic E-state index is 0.00411. The average molecular weight is 374 g/mol. The molecule has 1 aromatic rings. The van der Waals surface area contributed by atoms with Crippen LogP contribution in [0.4, 0.5) is 15.9 Å². The largest absolute Gasteiger partial charge is 0.356 e. The molecule has 0 aromatic carbocycles. The molecule has 3 heterocycles. The van der Waals surface area contributed by atoms with Gasteiger partial charge in [-0.25, -0.2) is 9.37 Å². The second-order valence-corrected chi connectivity index (χ2v) is 7.30. The topological polar surface area (TPSA) is 115 Å². The number of nitrogens with one attached hydrogen (secondary N) is 1. The Labute approximate surface area is 154 Å². The molecule has 1 amide bonds. The molecule has 0 bridgehead atoms. The van der Waals surface area contributed by atoms with E-state index in [1.807, 2.05) is 6.07 Å². The number of amides is 1. The first kappa shape index (κ1) is 17.6. The molecule has 0 spiro atoms. The summed E-state index contributed by atoms with van der Waals surface area (Å²) in [6.07, 6.45) is 0.225. The quantitative estimate of drug-likeness (QED) is 0.588. The van der Waals surface area contributed by atoms with Crippen LogP contribution < -0.4 is 10.2 Å². The Morgan fingerprint density at radius 1 is 1.41 bits per heavy atom. The van der Waals surface area contributed by atoms with Crippen molar-refractivity contribution in [1.29, 1.82) is 5.26 Å². The van der Waals surface area contributed by atoms with Crippen molar-refractivity contribution in [3.8, 4) is 6.07 Å². The fourth-order valence-electron chi connectivity index (χ4n) is 4.18. The van der Waals surface area contributed by atoms with Crippen LogP contribution in [0.5, 0.6) is 0 Å². The number of halogens is 1. The van der Waals surface area contributed by atoms with Gasteiger partial charge in [-0.05, 0) is 17.9 Å². The number of pyridine rings is 1. The van der Waals surface area contributed by atoms with Gasteiger partial charge in [-0.15, -0.1) is 0 Å². The zero-order valence-electron chi connectivity index (χ0n) is 14.5. The lowest BCUT2D eigenvalue weighted by molar-refractivity contribution is -0.385. The Kier molecular flexibility index (Phi) is 4.39. The first-order chi connectivity index (χ1) is 13.0. The van der Waals surface area contributed by atoms with Gasteiger partial charge in [-0.1, -0.05) is 0 Å². The van der Waals surface area contributed by atoms with Gasteiger partial charge in [0, 0.05) is 31.6 Å². The molecule has 4 atom stereocenters. The Balaban J connectivity index is 1.25. The van der Waals surface area contributed by atoms with Crippen LogP contribution in [0.1, 0.15) is 6.42 Å². The lowest BCUT2D eigenvalue weighted by Gasteiger charge is -2.22. The van der Waals surface area contributed by atoms with Crippen molar-refractivity contribution >= 4 is 17.4 Å². The van der Waals surface area contributed by atoms with Crippen LogP contribution in [-0.2, 0) is 4.79 Å². The first-order valence-corrected chi connectivity index (χ1v) is 8.90. The highest BCUT2D eigenvalue weighted by Gasteiger charge is 2.56. The molecule has 9 nitrogen and oxygen atoms in total. The van der Waals surface area contributed by atoms with Gasteiger partial charge < -0.3 is 15.1 Å². The highest BCUT2D eigenvalue weighted by atomic mass is 19.1. The van der Waals surface area contributed by atoms with E-state index in [9.17, 15) is 19.3 Å². The third-order valence-electron chi connectivity index (χ3n) is 5.67. The Morgan fingerprint density at radius 3 is 2.74 bits per heavy atom. The lowest BCUT2D eigenvalue weighted by atomic mass is 10.2. The average Bonchev–Trinajstić information content (AvgIpc) is 3.00. The van der Waals surface area contributed by atoms with Gasteiger partial charge in [0.15, 0.2) is 0 Å². The summed E-state index contributed by atoms with van der Waals surface area (Å²) in [6.45, 7) is 1.66. The van der Waals surface area contributed by atoms with E-state index in [1.165, 1.54) is 17.2 Å². The predicted molar refractivity (Wildman–Crippen MR) is 92.5 cm³/mol. The lowest BCUT2D eigenvalue weighted by Crippen LogP contribution is -2.43. The summed E-state index contributed by atoms with van der Waals surface area (Å²) in [7, 11) is 0. The highest BCUT2D eigenvalue weighted by Crippen LogP contribution is 2.46. The number of alkyl halides is 1. The number of hydrogen-bond acceptors (Lipinski definition) is 7. The summed E-state index contributed by atoms with van der Waals surface area (Å²) in [4.78, 5) is 30.0. The number of likely N-dealkylation sites (tertiary alicyclic amines) is 1. The van der Waals surface area contributed by atoms with Crippen molar-refractivity contribution in [2.45, 2.75) is 24.7 Å². The molecule has 10 heteroatoms. The Hall–Kier alpha value is -2.80. The number of hydrogen-bond donors (Lipinski definition) is 1. The van der Waals surface area contributed by atoms with Gasteiger partial charge in [-0.3, -0.25) is 14.9 Å². The maximum atomic E-state index is 13.4. The van der Waals surface area contributed by atoms with E-state index in [0.717, 1.165) is 13.1 Å². The van der Waals surface area contributed by atoms with Gasteiger partial charge in [0.25, 0.3) is 5.69 Å². The maximum Gasteiger partial charge on any atom is 0.287 e. The number of nitro groups is 1. The maximum absolute atomic E-state index is 13.4. The summed E-state index contributed by atoms with van der Waals surface area (Å²) >= 11 is 0. The number of carbonyl (C=O) groups is 1. The molecule has 1 aromatic heterocycles. The highest BCUT2D eigenvalue weighted by molar-refractivity contribution is 5.79. The van der Waals surface area contributed by atoms with Crippen LogP contribution in [0.3, 0.4) is 0 Å². The minimum atomic E-state index is -1.12. The molecule has 2 saturated heterocycles. The molecule has 1 aliphatic carbocycles. The van der Waals surface area contributed by atoms with Crippen LogP contribution in [0, 0.1) is 33.3 Å². The van der Waals surface area contributed by atoms with Gasteiger partial charge >= 0.3 is 0 Å². The van der Waals surface area contributed by atoms with E-state index < -0.39 is 17.1 Å². The van der Waals surface area contributed by atoms with Crippen molar-refractivity contribution in [1.82, 2.24) is 15.2 Å². The van der Waals surface area contributed by atoms with Crippen molar-refractivity contribution in [2.75, 3.05) is 31.1 Å². The fourth-order valence-corrected chi connectivity index (χ4v) is 4.18. The molecule has 142 valence electrons. The third kappa shape index (κ3) is 3.30. The summed E-state index contributed by atoms with van der Waals surface area (Å²) < 4.78 is 13.4. The molecule has 2 aliphatic heterocycles. The molecule has 3 aliphatic rings. The summed E-state index contributed by atoms with van der Waals surface area (Å²) in [6, 6.07) is 4.64. The summed E-state index contributed by atoms with van der Waals surface area (Å²) in [5.41, 5.74) is -0.0331. The number of piperidine rings is 1. The molecule has 1 saturated carbocycles. The first-order valence-electron chi connectivity index (χ1n) is 8.90. The number of nitrogens with zero attached hydrogens (tertiary/aromatic N) is 5. The fraction of sp³-hybridized carbons (Fsp3) is 0.588. The molecule has 2 unspecified atom stereocenters. The van der Waals surface area contributed by atoms with Gasteiger partial charge in [0.2, 0.25) is 5.91 Å². The van der Waals surface area contributed by atoms with Gasteiger partial charge in [0.1, 0.15) is 24.2 Å². The van der Waals surface area contributed by atoms with E-state index in [4.69, 9.17) is 5.26 Å². The van der Waals surface area contributed by atoms with E-state index in [-0.39, 0.29) is 37.1 Å². The SMILES string of the molecule is N#C[C@@H]1C[C@H](F)CN1C(=O)CNC1C2CN(c3ccc([N+](=O)[O-])cn3)CC21. The molecule has 3 fully saturated rings. The monoisotopic (exact) mass is 374 g/mol. The molecular weight excluding hydrogens is 355 g/mol. The molecule has 0 radical (unpaired) electrons. The standard InChI is InChI=1S/C17H19FN6O3/c18-10-3-12(4-19)23(7-10)16(25)6-21-17-13-8-22(9-14(13)17)15-2-1-11(5-20-15)24(26)27/h1-2,5,10,12-14,17,21H,3,6-9H2/t10-,12-,13?,14?,17?/m0/s1. The zero-order valence-corrected chi connectivity index (χ0v) is 14.5. The van der Waals surface area contributed by atoms with Crippen molar-refractivity contribution in [3.05, 3.63) is 28.4 Å². The van der Waals surface area contributed by atoms with Crippen LogP contribution in [0.15, 0.2) is 18.3 Å².